The summed E-state index contributed by atoms with van der Waals surface area (Å²) in [5.74, 6) is -1.90. The molecule has 0 aliphatic rings. The molecule has 0 aliphatic carbocycles. The first-order chi connectivity index (χ1) is 14.0. The Labute approximate surface area is 165 Å². The van der Waals surface area contributed by atoms with Gasteiger partial charge in [0.2, 0.25) is 0 Å². The summed E-state index contributed by atoms with van der Waals surface area (Å²) in [4.78, 5) is 22.1. The van der Waals surface area contributed by atoms with E-state index < -0.39 is 11.9 Å². The zero-order valence-corrected chi connectivity index (χ0v) is 15.2. The fourth-order valence-corrected chi connectivity index (χ4v) is 3.15. The van der Waals surface area contributed by atoms with Crippen molar-refractivity contribution in [3.63, 3.8) is 0 Å². The summed E-state index contributed by atoms with van der Waals surface area (Å²) in [5, 5.41) is 30.2. The van der Waals surface area contributed by atoms with E-state index in [1.54, 1.807) is 42.5 Å². The molecule has 0 aromatic heterocycles. The average molecular weight is 384 g/mol. The van der Waals surface area contributed by atoms with Crippen molar-refractivity contribution in [3.05, 3.63) is 89.5 Å². The molecular weight excluding hydrogens is 368 g/mol. The molecule has 0 atom stereocenters. The minimum atomic E-state index is -0.953. The quantitative estimate of drug-likeness (QED) is 0.433. The molecule has 4 aromatic rings. The number of hydrogen-bond acceptors (Lipinski definition) is 4. The van der Waals surface area contributed by atoms with Crippen LogP contribution in [0.2, 0.25) is 0 Å². The lowest BCUT2D eigenvalue weighted by Crippen LogP contribution is -1.95. The number of nitrogens with zero attached hydrogens (tertiary/aromatic N) is 2. The standard InChI is InChI=1S/C23H16N2O4/c26-22(27)19-5-3-15-9-14(1-2-16(15)10-19)13-24-25-21-8-7-17-11-20(23(28)29)6-4-18(17)12-21/h1-12H,13H2,(H,26,27)(H,28,29). The van der Waals surface area contributed by atoms with Crippen molar-refractivity contribution in [1.29, 1.82) is 0 Å². The van der Waals surface area contributed by atoms with Crippen LogP contribution in [0.4, 0.5) is 5.69 Å². The van der Waals surface area contributed by atoms with Crippen molar-refractivity contribution in [2.24, 2.45) is 10.2 Å². The summed E-state index contributed by atoms with van der Waals surface area (Å²) < 4.78 is 0. The Balaban J connectivity index is 1.52. The van der Waals surface area contributed by atoms with E-state index in [2.05, 4.69) is 10.2 Å². The summed E-state index contributed by atoms with van der Waals surface area (Å²) in [6.07, 6.45) is 0. The van der Waals surface area contributed by atoms with Crippen LogP contribution in [0.3, 0.4) is 0 Å². The van der Waals surface area contributed by atoms with Gasteiger partial charge in [-0.3, -0.25) is 0 Å². The Morgan fingerprint density at radius 3 is 1.79 bits per heavy atom. The first-order valence-corrected chi connectivity index (χ1v) is 8.90. The van der Waals surface area contributed by atoms with Crippen LogP contribution in [0.15, 0.2) is 83.0 Å². The van der Waals surface area contributed by atoms with E-state index in [4.69, 9.17) is 10.2 Å². The Morgan fingerprint density at radius 2 is 1.17 bits per heavy atom. The lowest BCUT2D eigenvalue weighted by molar-refractivity contribution is 0.0686. The smallest absolute Gasteiger partial charge is 0.335 e. The zero-order chi connectivity index (χ0) is 20.4. The molecule has 6 heteroatoms. The molecule has 0 bridgehead atoms. The van der Waals surface area contributed by atoms with Crippen LogP contribution in [0.25, 0.3) is 21.5 Å². The van der Waals surface area contributed by atoms with Gasteiger partial charge in [-0.25, -0.2) is 9.59 Å². The van der Waals surface area contributed by atoms with E-state index in [-0.39, 0.29) is 11.1 Å². The third-order valence-corrected chi connectivity index (χ3v) is 4.66. The average Bonchev–Trinajstić information content (AvgIpc) is 2.72. The molecule has 0 saturated carbocycles. The first-order valence-electron chi connectivity index (χ1n) is 8.90. The topological polar surface area (TPSA) is 99.3 Å². The van der Waals surface area contributed by atoms with Crippen LogP contribution in [-0.4, -0.2) is 22.2 Å². The molecule has 0 fully saturated rings. The van der Waals surface area contributed by atoms with Crippen molar-refractivity contribution in [2.75, 3.05) is 0 Å². The highest BCUT2D eigenvalue weighted by Crippen LogP contribution is 2.24. The molecule has 0 spiro atoms. The van der Waals surface area contributed by atoms with Crippen LogP contribution < -0.4 is 0 Å². The molecule has 4 rings (SSSR count). The number of carboxylic acids is 2. The van der Waals surface area contributed by atoms with Crippen LogP contribution in [0, 0.1) is 0 Å². The number of carboxylic acid groups (broad SMARTS) is 2. The van der Waals surface area contributed by atoms with Crippen molar-refractivity contribution in [3.8, 4) is 0 Å². The predicted molar refractivity (Wildman–Crippen MR) is 110 cm³/mol. The summed E-state index contributed by atoms with van der Waals surface area (Å²) in [5.41, 5.74) is 2.17. The number of hydrogen-bond donors (Lipinski definition) is 2. The molecule has 0 radical (unpaired) electrons. The number of aromatic carboxylic acids is 2. The SMILES string of the molecule is O=C(O)c1ccc2cc(CN=Nc3ccc4cc(C(=O)O)ccc4c3)ccc2c1. The van der Waals surface area contributed by atoms with Crippen LogP contribution in [0.5, 0.6) is 0 Å². The molecule has 142 valence electrons. The van der Waals surface area contributed by atoms with Crippen molar-refractivity contribution in [1.82, 2.24) is 0 Å². The molecule has 0 heterocycles. The molecule has 2 N–H and O–H groups in total. The highest BCUT2D eigenvalue weighted by molar-refractivity contribution is 5.95. The van der Waals surface area contributed by atoms with Gasteiger partial charge < -0.3 is 10.2 Å². The van der Waals surface area contributed by atoms with Gasteiger partial charge in [-0.15, -0.1) is 0 Å². The second-order valence-corrected chi connectivity index (χ2v) is 6.65. The highest BCUT2D eigenvalue weighted by Gasteiger charge is 2.05. The monoisotopic (exact) mass is 384 g/mol. The maximum Gasteiger partial charge on any atom is 0.335 e. The second-order valence-electron chi connectivity index (χ2n) is 6.65. The fourth-order valence-electron chi connectivity index (χ4n) is 3.15. The highest BCUT2D eigenvalue weighted by atomic mass is 16.4. The predicted octanol–water partition coefficient (Wildman–Crippen LogP) is 5.67. The van der Waals surface area contributed by atoms with E-state index in [0.717, 1.165) is 27.1 Å². The molecule has 0 unspecified atom stereocenters. The minimum Gasteiger partial charge on any atom is -0.478 e. The third kappa shape index (κ3) is 3.96. The van der Waals surface area contributed by atoms with Crippen LogP contribution in [-0.2, 0) is 6.54 Å². The Hall–Kier alpha value is -4.06. The van der Waals surface area contributed by atoms with Gasteiger partial charge in [0.25, 0.3) is 0 Å². The van der Waals surface area contributed by atoms with Gasteiger partial charge in [0.1, 0.15) is 0 Å². The first kappa shape index (κ1) is 18.3. The lowest BCUT2D eigenvalue weighted by atomic mass is 10.0. The van der Waals surface area contributed by atoms with Gasteiger partial charge in [0.15, 0.2) is 0 Å². The summed E-state index contributed by atoms with van der Waals surface area (Å²) in [7, 11) is 0. The molecule has 29 heavy (non-hydrogen) atoms. The van der Waals surface area contributed by atoms with Crippen LogP contribution >= 0.6 is 0 Å². The van der Waals surface area contributed by atoms with Gasteiger partial charge in [-0.1, -0.05) is 30.3 Å². The number of carbonyl (C=O) groups is 2. The maximum absolute atomic E-state index is 11.1. The van der Waals surface area contributed by atoms with Crippen molar-refractivity contribution in [2.45, 2.75) is 6.54 Å². The number of benzene rings is 4. The van der Waals surface area contributed by atoms with Crippen molar-refractivity contribution >= 4 is 39.2 Å². The number of azo groups is 1. The molecule has 0 amide bonds. The third-order valence-electron chi connectivity index (χ3n) is 4.66. The zero-order valence-electron chi connectivity index (χ0n) is 15.2. The van der Waals surface area contributed by atoms with Gasteiger partial charge in [-0.05, 0) is 69.6 Å². The van der Waals surface area contributed by atoms with E-state index in [1.165, 1.54) is 0 Å². The Kier molecular flexibility index (Phi) is 4.75. The molecule has 0 aliphatic heterocycles. The minimum absolute atomic E-state index is 0.249. The summed E-state index contributed by atoms with van der Waals surface area (Å²) in [6.45, 7) is 0.395. The lowest BCUT2D eigenvalue weighted by Gasteiger charge is -2.03. The van der Waals surface area contributed by atoms with Gasteiger partial charge >= 0.3 is 11.9 Å². The van der Waals surface area contributed by atoms with Gasteiger partial charge in [0.05, 0.1) is 23.4 Å². The van der Waals surface area contributed by atoms with E-state index >= 15 is 0 Å². The Morgan fingerprint density at radius 1 is 0.655 bits per heavy atom. The van der Waals surface area contributed by atoms with Gasteiger partial charge in [0, 0.05) is 0 Å². The molecule has 0 saturated heterocycles. The van der Waals surface area contributed by atoms with E-state index in [9.17, 15) is 9.59 Å². The maximum atomic E-state index is 11.1. The normalized spacial score (nSPS) is 11.3. The van der Waals surface area contributed by atoms with Crippen LogP contribution in [0.1, 0.15) is 26.3 Å². The van der Waals surface area contributed by atoms with E-state index in [1.807, 2.05) is 30.3 Å². The second kappa shape index (κ2) is 7.52. The van der Waals surface area contributed by atoms with Crippen molar-refractivity contribution < 1.29 is 19.8 Å². The van der Waals surface area contributed by atoms with Gasteiger partial charge in [-0.2, -0.15) is 10.2 Å². The summed E-state index contributed by atoms with van der Waals surface area (Å²) >= 11 is 0. The number of fused-ring (bicyclic) bond motifs is 2. The largest absolute Gasteiger partial charge is 0.478 e. The molecular formula is C23H16N2O4. The number of rotatable bonds is 5. The molecule has 4 aromatic carbocycles. The molecule has 6 nitrogen and oxygen atoms in total. The van der Waals surface area contributed by atoms with E-state index in [0.29, 0.717) is 12.2 Å². The fraction of sp³-hybridized carbons (Fsp3) is 0.0435. The Bertz CT molecular complexity index is 1290. The summed E-state index contributed by atoms with van der Waals surface area (Å²) in [6, 6.07) is 21.2.